The molecule has 0 radical (unpaired) electrons. The van der Waals surface area contributed by atoms with Crippen LogP contribution in [0.1, 0.15) is 31.0 Å². The first kappa shape index (κ1) is 15.5. The van der Waals surface area contributed by atoms with E-state index in [1.165, 1.54) is 11.6 Å². The largest absolute Gasteiger partial charge is 0.368 e. The lowest BCUT2D eigenvalue weighted by molar-refractivity contribution is 0.585. The second-order valence-electron chi connectivity index (χ2n) is 5.66. The van der Waals surface area contributed by atoms with E-state index in [-0.39, 0.29) is 17.9 Å². The molecule has 0 heterocycles. The van der Waals surface area contributed by atoms with Crippen LogP contribution in [-0.4, -0.2) is 13.1 Å². The minimum absolute atomic E-state index is 0.0227. The summed E-state index contributed by atoms with van der Waals surface area (Å²) < 4.78 is 13.9. The van der Waals surface area contributed by atoms with Crippen LogP contribution >= 0.6 is 0 Å². The lowest BCUT2D eigenvalue weighted by Gasteiger charge is -2.28. The lowest BCUT2D eigenvalue weighted by Crippen LogP contribution is -2.22. The van der Waals surface area contributed by atoms with Gasteiger partial charge in [0.15, 0.2) is 0 Å². The molecule has 0 bridgehead atoms. The Morgan fingerprint density at radius 3 is 2.24 bits per heavy atom. The highest BCUT2D eigenvalue weighted by Crippen LogP contribution is 2.27. The number of hydrogen-bond donors (Lipinski definition) is 1. The first-order chi connectivity index (χ1) is 9.99. The van der Waals surface area contributed by atoms with Gasteiger partial charge in [0.1, 0.15) is 5.82 Å². The molecule has 2 rings (SSSR count). The van der Waals surface area contributed by atoms with Crippen LogP contribution in [0, 0.1) is 5.82 Å². The molecule has 0 amide bonds. The highest BCUT2D eigenvalue weighted by Gasteiger charge is 2.15. The number of halogens is 1. The summed E-state index contributed by atoms with van der Waals surface area (Å²) in [5, 5.41) is 0. The Bertz CT molecular complexity index is 578. The molecular weight excluding hydrogens is 263 g/mol. The zero-order chi connectivity index (χ0) is 15.4. The van der Waals surface area contributed by atoms with Gasteiger partial charge in [0.25, 0.3) is 0 Å². The van der Waals surface area contributed by atoms with Crippen LogP contribution in [0.5, 0.6) is 0 Å². The van der Waals surface area contributed by atoms with Crippen molar-refractivity contribution in [1.29, 1.82) is 0 Å². The summed E-state index contributed by atoms with van der Waals surface area (Å²) in [5.74, 6) is -0.162. The fourth-order valence-electron chi connectivity index (χ4n) is 2.49. The van der Waals surface area contributed by atoms with Crippen LogP contribution < -0.4 is 10.6 Å². The van der Waals surface area contributed by atoms with Gasteiger partial charge in [-0.2, -0.15) is 0 Å². The monoisotopic (exact) mass is 286 g/mol. The van der Waals surface area contributed by atoms with E-state index in [9.17, 15) is 4.39 Å². The van der Waals surface area contributed by atoms with Crippen molar-refractivity contribution in [1.82, 2.24) is 0 Å². The summed E-state index contributed by atoms with van der Waals surface area (Å²) in [4.78, 5) is 2.08. The fraction of sp³-hybridized carbons (Fsp3) is 0.333. The van der Waals surface area contributed by atoms with Crippen molar-refractivity contribution < 1.29 is 4.39 Å². The van der Waals surface area contributed by atoms with Gasteiger partial charge in [-0.25, -0.2) is 4.39 Å². The summed E-state index contributed by atoms with van der Waals surface area (Å²) in [6.45, 7) is 4.01. The maximum absolute atomic E-state index is 13.9. The van der Waals surface area contributed by atoms with E-state index in [1.807, 2.05) is 33.0 Å². The second-order valence-corrected chi connectivity index (χ2v) is 5.66. The summed E-state index contributed by atoms with van der Waals surface area (Å²) >= 11 is 0. The topological polar surface area (TPSA) is 29.3 Å². The van der Waals surface area contributed by atoms with Crippen LogP contribution in [-0.2, 0) is 6.42 Å². The predicted octanol–water partition coefficient (Wildman–Crippen LogP) is 3.91. The SMILES string of the molecule is CC(N)Cc1ccc(N(C)C(C)c2ccccc2F)cc1. The van der Waals surface area contributed by atoms with E-state index in [0.29, 0.717) is 5.56 Å². The molecule has 2 N–H and O–H groups in total. The number of hydrogen-bond acceptors (Lipinski definition) is 2. The van der Waals surface area contributed by atoms with Crippen molar-refractivity contribution in [3.8, 4) is 0 Å². The van der Waals surface area contributed by atoms with Gasteiger partial charge in [-0.1, -0.05) is 30.3 Å². The first-order valence-corrected chi connectivity index (χ1v) is 7.31. The second kappa shape index (κ2) is 6.72. The third-order valence-electron chi connectivity index (χ3n) is 3.84. The van der Waals surface area contributed by atoms with Crippen LogP contribution in [0.3, 0.4) is 0 Å². The molecule has 112 valence electrons. The van der Waals surface area contributed by atoms with Gasteiger partial charge in [-0.15, -0.1) is 0 Å². The molecular formula is C18H23FN2. The number of nitrogens with two attached hydrogens (primary N) is 1. The summed E-state index contributed by atoms with van der Waals surface area (Å²) in [6, 6.07) is 15.4. The normalized spacial score (nSPS) is 13.8. The van der Waals surface area contributed by atoms with E-state index in [1.54, 1.807) is 6.07 Å². The Kier molecular flexibility index (Phi) is 4.97. The third kappa shape index (κ3) is 3.82. The summed E-state index contributed by atoms with van der Waals surface area (Å²) in [7, 11) is 1.98. The number of rotatable bonds is 5. The van der Waals surface area contributed by atoms with Crippen LogP contribution in [0.15, 0.2) is 48.5 Å². The summed E-state index contributed by atoms with van der Waals surface area (Å²) in [6.07, 6.45) is 0.868. The Morgan fingerprint density at radius 2 is 1.67 bits per heavy atom. The molecule has 0 saturated carbocycles. The zero-order valence-corrected chi connectivity index (χ0v) is 12.9. The van der Waals surface area contributed by atoms with Gasteiger partial charge in [0, 0.05) is 24.3 Å². The van der Waals surface area contributed by atoms with Crippen molar-refractivity contribution in [2.75, 3.05) is 11.9 Å². The molecule has 3 heteroatoms. The van der Waals surface area contributed by atoms with Gasteiger partial charge in [0.05, 0.1) is 6.04 Å². The number of nitrogens with zero attached hydrogens (tertiary/aromatic N) is 1. The molecule has 0 saturated heterocycles. The van der Waals surface area contributed by atoms with E-state index in [4.69, 9.17) is 5.73 Å². The van der Waals surface area contributed by atoms with E-state index < -0.39 is 0 Å². The van der Waals surface area contributed by atoms with Crippen molar-refractivity contribution in [3.05, 3.63) is 65.5 Å². The van der Waals surface area contributed by atoms with Gasteiger partial charge in [0.2, 0.25) is 0 Å². The van der Waals surface area contributed by atoms with Gasteiger partial charge < -0.3 is 10.6 Å². The predicted molar refractivity (Wildman–Crippen MR) is 87.0 cm³/mol. The molecule has 0 spiro atoms. The van der Waals surface area contributed by atoms with Crippen LogP contribution in [0.4, 0.5) is 10.1 Å². The van der Waals surface area contributed by atoms with Crippen molar-refractivity contribution in [2.24, 2.45) is 5.73 Å². The Labute approximate surface area is 126 Å². The molecule has 2 aromatic carbocycles. The fourth-order valence-corrected chi connectivity index (χ4v) is 2.49. The number of anilines is 1. The van der Waals surface area contributed by atoms with Crippen molar-refractivity contribution in [3.63, 3.8) is 0 Å². The molecule has 2 atom stereocenters. The zero-order valence-electron chi connectivity index (χ0n) is 12.9. The molecule has 2 nitrogen and oxygen atoms in total. The van der Waals surface area contributed by atoms with E-state index in [0.717, 1.165) is 12.1 Å². The van der Waals surface area contributed by atoms with Crippen molar-refractivity contribution >= 4 is 5.69 Å². The van der Waals surface area contributed by atoms with Crippen LogP contribution in [0.25, 0.3) is 0 Å². The minimum Gasteiger partial charge on any atom is -0.368 e. The quantitative estimate of drug-likeness (QED) is 0.903. The minimum atomic E-state index is -0.162. The Morgan fingerprint density at radius 1 is 1.05 bits per heavy atom. The maximum Gasteiger partial charge on any atom is 0.128 e. The standard InChI is InChI=1S/C18H23FN2/c1-13(20)12-15-8-10-16(11-9-15)21(3)14(2)17-6-4-5-7-18(17)19/h4-11,13-14H,12,20H2,1-3H3. The average Bonchev–Trinajstić information content (AvgIpc) is 2.46. The number of benzene rings is 2. The Hall–Kier alpha value is -1.87. The molecule has 0 aliphatic rings. The molecule has 0 aliphatic carbocycles. The summed E-state index contributed by atoms with van der Waals surface area (Å²) in [5.41, 5.74) is 8.81. The Balaban J connectivity index is 2.16. The van der Waals surface area contributed by atoms with Gasteiger partial charge in [-0.05, 0) is 44.0 Å². The smallest absolute Gasteiger partial charge is 0.128 e. The molecule has 0 aliphatic heterocycles. The van der Waals surface area contributed by atoms with E-state index in [2.05, 4.69) is 29.2 Å². The first-order valence-electron chi connectivity index (χ1n) is 7.31. The van der Waals surface area contributed by atoms with E-state index >= 15 is 0 Å². The molecule has 0 fully saturated rings. The van der Waals surface area contributed by atoms with Gasteiger partial charge in [-0.3, -0.25) is 0 Å². The lowest BCUT2D eigenvalue weighted by atomic mass is 10.0. The third-order valence-corrected chi connectivity index (χ3v) is 3.84. The highest BCUT2D eigenvalue weighted by atomic mass is 19.1. The highest BCUT2D eigenvalue weighted by molar-refractivity contribution is 5.49. The van der Waals surface area contributed by atoms with Crippen molar-refractivity contribution in [2.45, 2.75) is 32.4 Å². The van der Waals surface area contributed by atoms with Crippen LogP contribution in [0.2, 0.25) is 0 Å². The molecule has 2 unspecified atom stereocenters. The molecule has 0 aromatic heterocycles. The average molecular weight is 286 g/mol. The maximum atomic E-state index is 13.9. The molecule has 2 aromatic rings. The van der Waals surface area contributed by atoms with Gasteiger partial charge >= 0.3 is 0 Å². The molecule has 21 heavy (non-hydrogen) atoms.